The van der Waals surface area contributed by atoms with Gasteiger partial charge in [-0.1, -0.05) is 37.3 Å². The maximum Gasteiger partial charge on any atom is 0.323 e. The van der Waals surface area contributed by atoms with Gasteiger partial charge in [-0.25, -0.2) is 4.79 Å². The van der Waals surface area contributed by atoms with Crippen LogP contribution >= 0.6 is 0 Å². The number of aliphatic hydroxyl groups is 1. The van der Waals surface area contributed by atoms with Gasteiger partial charge in [0.1, 0.15) is 6.10 Å². The number of carbonyl (C=O) groups is 2. The minimum absolute atomic E-state index is 0.0773. The first-order chi connectivity index (χ1) is 19.8. The second-order valence-electron chi connectivity index (χ2n) is 10.6. The van der Waals surface area contributed by atoms with Crippen molar-refractivity contribution in [1.29, 1.82) is 0 Å². The van der Waals surface area contributed by atoms with E-state index in [9.17, 15) is 14.7 Å². The van der Waals surface area contributed by atoms with E-state index in [1.807, 2.05) is 57.3 Å². The molecule has 2 aliphatic heterocycles. The molecule has 0 spiro atoms. The fourth-order valence-electron chi connectivity index (χ4n) is 5.09. The molecule has 0 unspecified atom stereocenters. The number of rotatable bonds is 8. The van der Waals surface area contributed by atoms with Crippen molar-refractivity contribution in [3.8, 4) is 17.2 Å². The largest absolute Gasteiger partial charge is 0.486 e. The summed E-state index contributed by atoms with van der Waals surface area (Å²) in [6, 6.07) is 19.3. The van der Waals surface area contributed by atoms with E-state index in [0.29, 0.717) is 42.3 Å². The first kappa shape index (κ1) is 28.3. The summed E-state index contributed by atoms with van der Waals surface area (Å²) >= 11 is 0. The van der Waals surface area contributed by atoms with Crippen molar-refractivity contribution in [2.45, 2.75) is 32.5 Å². The number of aliphatic hydroxyl groups excluding tert-OH is 1. The highest BCUT2D eigenvalue weighted by Crippen LogP contribution is 2.36. The first-order valence-corrected chi connectivity index (χ1v) is 13.7. The van der Waals surface area contributed by atoms with Gasteiger partial charge in [-0.3, -0.25) is 9.69 Å². The smallest absolute Gasteiger partial charge is 0.323 e. The number of anilines is 2. The number of benzene rings is 3. The molecule has 2 heterocycles. The molecule has 0 aromatic heterocycles. The van der Waals surface area contributed by atoms with Crippen molar-refractivity contribution in [1.82, 2.24) is 9.80 Å². The third-order valence-corrected chi connectivity index (χ3v) is 7.35. The summed E-state index contributed by atoms with van der Waals surface area (Å²) in [5, 5.41) is 15.6. The van der Waals surface area contributed by atoms with Crippen LogP contribution < -0.4 is 24.8 Å². The molecule has 3 amide bonds. The van der Waals surface area contributed by atoms with E-state index in [2.05, 4.69) is 15.5 Å². The number of amides is 3. The van der Waals surface area contributed by atoms with E-state index < -0.39 is 6.03 Å². The lowest BCUT2D eigenvalue weighted by molar-refractivity contribution is 0.0343. The van der Waals surface area contributed by atoms with Crippen LogP contribution in [-0.4, -0.2) is 72.5 Å². The SMILES string of the molecule is C[C@H](CO)N1C[C@H](C)[C@H](CN(C)Cc2ccc3c(c2)OCO3)Oc2c(NC(=O)Nc3ccccc3)cccc2C1=O. The zero-order valence-corrected chi connectivity index (χ0v) is 23.5. The summed E-state index contributed by atoms with van der Waals surface area (Å²) in [7, 11) is 2.01. The maximum atomic E-state index is 13.7. The van der Waals surface area contributed by atoms with Gasteiger partial charge in [-0.15, -0.1) is 0 Å². The van der Waals surface area contributed by atoms with Gasteiger partial charge < -0.3 is 34.9 Å². The van der Waals surface area contributed by atoms with E-state index in [1.165, 1.54) is 0 Å². The summed E-state index contributed by atoms with van der Waals surface area (Å²) < 4.78 is 17.6. The van der Waals surface area contributed by atoms with Crippen molar-refractivity contribution in [2.75, 3.05) is 44.2 Å². The molecule has 41 heavy (non-hydrogen) atoms. The number of fused-ring (bicyclic) bond motifs is 2. The molecule has 0 saturated heterocycles. The number of likely N-dealkylation sites (N-methyl/N-ethyl adjacent to an activating group) is 1. The van der Waals surface area contributed by atoms with Crippen LogP contribution in [-0.2, 0) is 6.54 Å². The molecule has 0 bridgehead atoms. The highest BCUT2D eigenvalue weighted by atomic mass is 16.7. The number of nitrogens with zero attached hydrogens (tertiary/aromatic N) is 2. The molecule has 3 atom stereocenters. The number of ether oxygens (including phenoxy) is 3. The molecule has 0 radical (unpaired) electrons. The molecule has 3 N–H and O–H groups in total. The Morgan fingerprint density at radius 2 is 1.85 bits per heavy atom. The summed E-state index contributed by atoms with van der Waals surface area (Å²) in [6.45, 7) is 5.52. The van der Waals surface area contributed by atoms with Crippen molar-refractivity contribution in [3.63, 3.8) is 0 Å². The lowest BCUT2D eigenvalue weighted by Crippen LogP contribution is -2.49. The predicted molar refractivity (Wildman–Crippen MR) is 156 cm³/mol. The summed E-state index contributed by atoms with van der Waals surface area (Å²) in [5.74, 6) is 1.45. The van der Waals surface area contributed by atoms with Crippen molar-refractivity contribution in [2.24, 2.45) is 5.92 Å². The van der Waals surface area contributed by atoms with Crippen molar-refractivity contribution < 1.29 is 28.9 Å². The lowest BCUT2D eigenvalue weighted by atomic mass is 9.99. The second kappa shape index (κ2) is 12.5. The summed E-state index contributed by atoms with van der Waals surface area (Å²) in [5.41, 5.74) is 2.43. The van der Waals surface area contributed by atoms with Crippen LogP contribution in [0.4, 0.5) is 16.2 Å². The third-order valence-electron chi connectivity index (χ3n) is 7.35. The standard InChI is InChI=1S/C31H36N4O6/c1-20-15-35(21(2)18-36)30(37)24-10-7-11-25(33-31(38)32-23-8-5-4-6-9-23)29(24)41-28(20)17-34(3)16-22-12-13-26-27(14-22)40-19-39-26/h4-14,20-21,28,36H,15-19H2,1-3H3,(H2,32,33,38)/t20-,21+,28-/m0/s1. The average molecular weight is 561 g/mol. The number of carbonyl (C=O) groups excluding carboxylic acids is 2. The van der Waals surface area contributed by atoms with E-state index in [4.69, 9.17) is 14.2 Å². The normalized spacial score (nSPS) is 18.7. The average Bonchev–Trinajstić information content (AvgIpc) is 3.43. The second-order valence-corrected chi connectivity index (χ2v) is 10.6. The molecular formula is C31H36N4O6. The molecule has 0 saturated carbocycles. The molecule has 2 aliphatic rings. The molecule has 0 aliphatic carbocycles. The molecule has 3 aromatic rings. The van der Waals surface area contributed by atoms with Crippen molar-refractivity contribution >= 4 is 23.3 Å². The molecule has 10 heteroatoms. The predicted octanol–water partition coefficient (Wildman–Crippen LogP) is 4.41. The van der Waals surface area contributed by atoms with Gasteiger partial charge in [-0.05, 0) is 55.9 Å². The molecule has 0 fully saturated rings. The van der Waals surface area contributed by atoms with E-state index >= 15 is 0 Å². The lowest BCUT2D eigenvalue weighted by Gasteiger charge is -2.38. The van der Waals surface area contributed by atoms with Gasteiger partial charge >= 0.3 is 6.03 Å². The molecule has 216 valence electrons. The van der Waals surface area contributed by atoms with Crippen LogP contribution in [0.2, 0.25) is 0 Å². The zero-order valence-electron chi connectivity index (χ0n) is 23.5. The highest BCUT2D eigenvalue weighted by molar-refractivity contribution is 6.04. The Morgan fingerprint density at radius 3 is 2.63 bits per heavy atom. The van der Waals surface area contributed by atoms with Gasteiger partial charge in [0.25, 0.3) is 5.91 Å². The molecular weight excluding hydrogens is 524 g/mol. The summed E-state index contributed by atoms with van der Waals surface area (Å²) in [6.07, 6.45) is -0.325. The topological polar surface area (TPSA) is 113 Å². The van der Waals surface area contributed by atoms with Gasteiger partial charge in [-0.2, -0.15) is 0 Å². The molecule has 5 rings (SSSR count). The number of nitrogens with one attached hydrogen (secondary N) is 2. The van der Waals surface area contributed by atoms with E-state index in [0.717, 1.165) is 17.1 Å². The Kier molecular flexibility index (Phi) is 8.61. The fraction of sp³-hybridized carbons (Fsp3) is 0.355. The quantitative estimate of drug-likeness (QED) is 0.374. The number of hydrogen-bond donors (Lipinski definition) is 3. The van der Waals surface area contributed by atoms with Crippen LogP contribution in [0, 0.1) is 5.92 Å². The van der Waals surface area contributed by atoms with E-state index in [1.54, 1.807) is 35.2 Å². The van der Waals surface area contributed by atoms with Crippen LogP contribution in [0.1, 0.15) is 29.8 Å². The third kappa shape index (κ3) is 6.55. The van der Waals surface area contributed by atoms with Crippen LogP contribution in [0.25, 0.3) is 0 Å². The zero-order chi connectivity index (χ0) is 28.9. The Hall–Kier alpha value is -4.28. The summed E-state index contributed by atoms with van der Waals surface area (Å²) in [4.78, 5) is 30.4. The highest BCUT2D eigenvalue weighted by Gasteiger charge is 2.34. The van der Waals surface area contributed by atoms with Crippen molar-refractivity contribution in [3.05, 3.63) is 77.9 Å². The maximum absolute atomic E-state index is 13.7. The monoisotopic (exact) mass is 560 g/mol. The van der Waals surface area contributed by atoms with Gasteiger partial charge in [0.2, 0.25) is 6.79 Å². The molecule has 10 nitrogen and oxygen atoms in total. The Bertz CT molecular complexity index is 1380. The Labute approximate surface area is 239 Å². The Morgan fingerprint density at radius 1 is 1.07 bits per heavy atom. The number of para-hydroxylation sites is 2. The number of hydrogen-bond acceptors (Lipinski definition) is 7. The molecule has 3 aromatic carbocycles. The van der Waals surface area contributed by atoms with Gasteiger partial charge in [0, 0.05) is 31.2 Å². The first-order valence-electron chi connectivity index (χ1n) is 13.7. The number of urea groups is 1. The minimum Gasteiger partial charge on any atom is -0.486 e. The Balaban J connectivity index is 1.40. The van der Waals surface area contributed by atoms with Crippen LogP contribution in [0.15, 0.2) is 66.7 Å². The van der Waals surface area contributed by atoms with Crippen LogP contribution in [0.5, 0.6) is 17.2 Å². The minimum atomic E-state index is -0.451. The van der Waals surface area contributed by atoms with E-state index in [-0.39, 0.29) is 37.4 Å². The van der Waals surface area contributed by atoms with Gasteiger partial charge in [0.15, 0.2) is 17.2 Å². The fourth-order valence-corrected chi connectivity index (χ4v) is 5.09. The van der Waals surface area contributed by atoms with Gasteiger partial charge in [0.05, 0.1) is 23.9 Å². The van der Waals surface area contributed by atoms with Crippen LogP contribution in [0.3, 0.4) is 0 Å².